The van der Waals surface area contributed by atoms with E-state index in [-0.39, 0.29) is 28.6 Å². The van der Waals surface area contributed by atoms with Gasteiger partial charge in [-0.05, 0) is 18.2 Å². The number of aromatic hydroxyl groups is 1. The molecule has 7 nitrogen and oxygen atoms in total. The Balaban J connectivity index is 1.96. The molecule has 0 aliphatic carbocycles. The lowest BCUT2D eigenvalue weighted by Gasteiger charge is -2.17. The third kappa shape index (κ3) is 4.70. The molecule has 158 valence electrons. The SMILES string of the molecule is COC(=O)C[C@@H](c1oc(CSc2ccc(F)cc2F)cc(=O)c1O)c1ccnn1C. The Labute approximate surface area is 174 Å². The van der Waals surface area contributed by atoms with Gasteiger partial charge in [0.2, 0.25) is 11.2 Å². The maximum Gasteiger partial charge on any atom is 0.306 e. The molecule has 3 rings (SSSR count). The molecule has 1 aromatic carbocycles. The van der Waals surface area contributed by atoms with Crippen LogP contribution >= 0.6 is 11.8 Å². The first-order valence-electron chi connectivity index (χ1n) is 8.78. The van der Waals surface area contributed by atoms with E-state index >= 15 is 0 Å². The molecule has 0 saturated carbocycles. The Hall–Kier alpha value is -3.14. The number of methoxy groups -OCH3 is 1. The van der Waals surface area contributed by atoms with E-state index in [1.165, 1.54) is 24.1 Å². The minimum atomic E-state index is -0.829. The summed E-state index contributed by atoms with van der Waals surface area (Å²) < 4.78 is 38.9. The van der Waals surface area contributed by atoms with Crippen molar-refractivity contribution >= 4 is 17.7 Å². The summed E-state index contributed by atoms with van der Waals surface area (Å²) in [5, 5.41) is 14.4. The van der Waals surface area contributed by atoms with Crippen molar-refractivity contribution in [3.63, 3.8) is 0 Å². The molecule has 0 aliphatic heterocycles. The highest BCUT2D eigenvalue weighted by Gasteiger charge is 2.28. The smallest absolute Gasteiger partial charge is 0.306 e. The first-order chi connectivity index (χ1) is 14.3. The van der Waals surface area contributed by atoms with Gasteiger partial charge in [-0.1, -0.05) is 0 Å². The predicted molar refractivity (Wildman–Crippen MR) is 104 cm³/mol. The highest BCUT2D eigenvalue weighted by molar-refractivity contribution is 7.98. The highest BCUT2D eigenvalue weighted by atomic mass is 32.2. The third-order valence-electron chi connectivity index (χ3n) is 4.39. The van der Waals surface area contributed by atoms with Gasteiger partial charge in [0.25, 0.3) is 0 Å². The number of thioether (sulfide) groups is 1. The van der Waals surface area contributed by atoms with E-state index in [1.807, 2.05) is 0 Å². The summed E-state index contributed by atoms with van der Waals surface area (Å²) in [5.74, 6) is -3.39. The van der Waals surface area contributed by atoms with Crippen LogP contribution in [0.5, 0.6) is 5.75 Å². The number of nitrogens with zero attached hydrogens (tertiary/aromatic N) is 2. The van der Waals surface area contributed by atoms with Gasteiger partial charge < -0.3 is 14.3 Å². The van der Waals surface area contributed by atoms with E-state index in [1.54, 1.807) is 13.1 Å². The molecule has 0 radical (unpaired) electrons. The van der Waals surface area contributed by atoms with Crippen LogP contribution in [0.3, 0.4) is 0 Å². The Morgan fingerprint density at radius 3 is 2.73 bits per heavy atom. The maximum atomic E-state index is 13.9. The second-order valence-electron chi connectivity index (χ2n) is 6.37. The number of hydrogen-bond donors (Lipinski definition) is 1. The quantitative estimate of drug-likeness (QED) is 0.448. The number of ether oxygens (including phenoxy) is 1. The standard InChI is InChI=1S/C20H18F2N2O5S/c1-24-15(5-6-23-24)13(9-18(26)28-2)20-19(27)16(25)8-12(29-20)10-30-17-4-3-11(21)7-14(17)22/h3-8,13,27H,9-10H2,1-2H3/t13-/m1/s1. The Morgan fingerprint density at radius 2 is 2.10 bits per heavy atom. The van der Waals surface area contributed by atoms with Gasteiger partial charge in [-0.2, -0.15) is 5.10 Å². The molecule has 0 bridgehead atoms. The Bertz CT molecular complexity index is 1130. The van der Waals surface area contributed by atoms with Crippen molar-refractivity contribution in [2.75, 3.05) is 7.11 Å². The second-order valence-corrected chi connectivity index (χ2v) is 7.38. The minimum absolute atomic E-state index is 0.0431. The van der Waals surface area contributed by atoms with Crippen LogP contribution in [0.1, 0.15) is 29.6 Å². The van der Waals surface area contributed by atoms with Gasteiger partial charge in [0.05, 0.1) is 25.2 Å². The molecular formula is C20H18F2N2O5S. The maximum absolute atomic E-state index is 13.9. The van der Waals surface area contributed by atoms with Crippen LogP contribution in [-0.4, -0.2) is 28.0 Å². The molecule has 30 heavy (non-hydrogen) atoms. The molecule has 2 aromatic heterocycles. The van der Waals surface area contributed by atoms with Crippen LogP contribution in [0, 0.1) is 11.6 Å². The van der Waals surface area contributed by atoms with Crippen LogP contribution in [-0.2, 0) is 22.3 Å². The van der Waals surface area contributed by atoms with Gasteiger partial charge >= 0.3 is 5.97 Å². The monoisotopic (exact) mass is 436 g/mol. The molecule has 1 N–H and O–H groups in total. The molecule has 0 aliphatic rings. The molecular weight excluding hydrogens is 418 g/mol. The zero-order valence-corrected chi connectivity index (χ0v) is 16.9. The Kier molecular flexibility index (Phi) is 6.56. The molecule has 0 amide bonds. The fourth-order valence-electron chi connectivity index (χ4n) is 2.91. The average Bonchev–Trinajstić information content (AvgIpc) is 3.13. The number of carbonyl (C=O) groups is 1. The van der Waals surface area contributed by atoms with Crippen LogP contribution in [0.25, 0.3) is 0 Å². The van der Waals surface area contributed by atoms with E-state index in [9.17, 15) is 23.5 Å². The number of hydrogen-bond acceptors (Lipinski definition) is 7. The first kappa shape index (κ1) is 21.6. The van der Waals surface area contributed by atoms with E-state index < -0.39 is 34.7 Å². The third-order valence-corrected chi connectivity index (χ3v) is 5.47. The van der Waals surface area contributed by atoms with Gasteiger partial charge in [0.1, 0.15) is 17.4 Å². The van der Waals surface area contributed by atoms with Crippen molar-refractivity contribution in [3.05, 3.63) is 75.6 Å². The minimum Gasteiger partial charge on any atom is -0.502 e. The lowest BCUT2D eigenvalue weighted by Crippen LogP contribution is -2.16. The second kappa shape index (κ2) is 9.12. The summed E-state index contributed by atoms with van der Waals surface area (Å²) >= 11 is 0.998. The molecule has 1 atom stereocenters. The number of halogens is 2. The molecule has 0 unspecified atom stereocenters. The van der Waals surface area contributed by atoms with Gasteiger partial charge in [0.15, 0.2) is 5.76 Å². The van der Waals surface area contributed by atoms with E-state index in [4.69, 9.17) is 9.15 Å². The van der Waals surface area contributed by atoms with E-state index in [0.717, 1.165) is 30.0 Å². The van der Waals surface area contributed by atoms with Crippen LogP contribution in [0.4, 0.5) is 8.78 Å². The number of benzene rings is 1. The fraction of sp³-hybridized carbons (Fsp3) is 0.250. The number of esters is 1. The summed E-state index contributed by atoms with van der Waals surface area (Å²) in [4.78, 5) is 24.4. The zero-order valence-electron chi connectivity index (χ0n) is 16.1. The van der Waals surface area contributed by atoms with Gasteiger partial charge in [0, 0.05) is 36.0 Å². The number of aromatic nitrogens is 2. The van der Waals surface area contributed by atoms with Crippen molar-refractivity contribution < 1.29 is 27.8 Å². The summed E-state index contributed by atoms with van der Waals surface area (Å²) in [6.45, 7) is 0. The largest absolute Gasteiger partial charge is 0.502 e. The van der Waals surface area contributed by atoms with Crippen molar-refractivity contribution in [2.24, 2.45) is 7.05 Å². The molecule has 2 heterocycles. The zero-order chi connectivity index (χ0) is 21.8. The van der Waals surface area contributed by atoms with Crippen molar-refractivity contribution in [1.29, 1.82) is 0 Å². The van der Waals surface area contributed by atoms with E-state index in [0.29, 0.717) is 5.69 Å². The molecule has 0 spiro atoms. The van der Waals surface area contributed by atoms with Gasteiger partial charge in [-0.25, -0.2) is 8.78 Å². The molecule has 10 heteroatoms. The lowest BCUT2D eigenvalue weighted by molar-refractivity contribution is -0.141. The van der Waals surface area contributed by atoms with Crippen molar-refractivity contribution in [3.8, 4) is 5.75 Å². The number of rotatable bonds is 7. The fourth-order valence-corrected chi connectivity index (χ4v) is 3.71. The number of aryl methyl sites for hydroxylation is 1. The summed E-state index contributed by atoms with van der Waals surface area (Å²) in [6.07, 6.45) is 1.31. The molecule has 0 fully saturated rings. The topological polar surface area (TPSA) is 94.6 Å². The van der Waals surface area contributed by atoms with E-state index in [2.05, 4.69) is 5.10 Å². The predicted octanol–water partition coefficient (Wildman–Crippen LogP) is 3.34. The van der Waals surface area contributed by atoms with Crippen LogP contribution in [0.15, 0.2) is 50.6 Å². The molecule has 0 saturated heterocycles. The van der Waals surface area contributed by atoms with Crippen LogP contribution in [0.2, 0.25) is 0 Å². The Morgan fingerprint density at radius 1 is 1.33 bits per heavy atom. The summed E-state index contributed by atoms with van der Waals surface area (Å²) in [6, 6.07) is 5.88. The normalized spacial score (nSPS) is 12.0. The van der Waals surface area contributed by atoms with Gasteiger partial charge in [-0.3, -0.25) is 14.3 Å². The first-order valence-corrected chi connectivity index (χ1v) is 9.77. The van der Waals surface area contributed by atoms with Crippen molar-refractivity contribution in [1.82, 2.24) is 9.78 Å². The van der Waals surface area contributed by atoms with Crippen LogP contribution < -0.4 is 5.43 Å². The summed E-state index contributed by atoms with van der Waals surface area (Å²) in [7, 11) is 2.87. The van der Waals surface area contributed by atoms with Gasteiger partial charge in [-0.15, -0.1) is 11.8 Å². The van der Waals surface area contributed by atoms with Crippen molar-refractivity contribution in [2.45, 2.75) is 23.0 Å². The average molecular weight is 436 g/mol. The lowest BCUT2D eigenvalue weighted by atomic mass is 9.97. The number of carbonyl (C=O) groups excluding carboxylic acids is 1. The summed E-state index contributed by atoms with van der Waals surface area (Å²) in [5.41, 5.74) is -0.184. The molecule has 3 aromatic rings. The highest BCUT2D eigenvalue weighted by Crippen LogP contribution is 2.34.